The number of furan rings is 1. The van der Waals surface area contributed by atoms with Crippen molar-refractivity contribution >= 4 is 23.0 Å². The maximum absolute atomic E-state index is 14.5. The number of nitrogens with one attached hydrogen (secondary N) is 2. The van der Waals surface area contributed by atoms with Crippen molar-refractivity contribution in [2.45, 2.75) is 26.2 Å². The molecule has 33 heavy (non-hydrogen) atoms. The van der Waals surface area contributed by atoms with Crippen LogP contribution in [0.1, 0.15) is 37.5 Å². The number of amides is 1. The first kappa shape index (κ1) is 22.8. The van der Waals surface area contributed by atoms with Gasteiger partial charge in [-0.25, -0.2) is 8.78 Å². The van der Waals surface area contributed by atoms with Crippen molar-refractivity contribution in [1.82, 2.24) is 4.90 Å². The second-order valence-electron chi connectivity index (χ2n) is 7.89. The molecule has 2 aromatic carbocycles. The van der Waals surface area contributed by atoms with Gasteiger partial charge in [0, 0.05) is 30.1 Å². The fraction of sp³-hybridized carbons (Fsp3) is 0.320. The highest BCUT2D eigenvalue weighted by atomic mass is 19.1. The van der Waals surface area contributed by atoms with Crippen molar-refractivity contribution < 1.29 is 22.7 Å². The van der Waals surface area contributed by atoms with Gasteiger partial charge in [0.15, 0.2) is 11.6 Å². The molecule has 2 heterocycles. The van der Waals surface area contributed by atoms with E-state index in [0.29, 0.717) is 35.0 Å². The van der Waals surface area contributed by atoms with Crippen LogP contribution in [0.15, 0.2) is 53.1 Å². The molecule has 1 unspecified atom stereocenters. The topological polar surface area (TPSA) is 66.7 Å². The van der Waals surface area contributed by atoms with Crippen molar-refractivity contribution in [3.05, 3.63) is 71.7 Å². The lowest BCUT2D eigenvalue weighted by Crippen LogP contribution is -2.25. The van der Waals surface area contributed by atoms with E-state index < -0.39 is 17.6 Å². The molecule has 8 heteroatoms. The number of hydrogen-bond acceptors (Lipinski definition) is 5. The van der Waals surface area contributed by atoms with Crippen LogP contribution < -0.4 is 15.4 Å². The Morgan fingerprint density at radius 3 is 2.67 bits per heavy atom. The molecule has 1 aromatic heterocycles. The SMILES string of the molecule is CCN(CC)CCCOc1ccc(Nc2coc(C3C(=O)Nc4cc(F)ccc43)c2)cc1F. The predicted molar refractivity (Wildman–Crippen MR) is 123 cm³/mol. The molecule has 6 nitrogen and oxygen atoms in total. The smallest absolute Gasteiger partial charge is 0.239 e. The number of hydrogen-bond donors (Lipinski definition) is 2. The number of carbonyl (C=O) groups is 1. The number of halogens is 2. The fourth-order valence-electron chi connectivity index (χ4n) is 3.96. The van der Waals surface area contributed by atoms with E-state index in [9.17, 15) is 13.6 Å². The monoisotopic (exact) mass is 455 g/mol. The van der Waals surface area contributed by atoms with Gasteiger partial charge < -0.3 is 24.7 Å². The van der Waals surface area contributed by atoms with Crippen molar-refractivity contribution in [1.29, 1.82) is 0 Å². The summed E-state index contributed by atoms with van der Waals surface area (Å²) in [7, 11) is 0. The van der Waals surface area contributed by atoms with E-state index in [-0.39, 0.29) is 11.7 Å². The summed E-state index contributed by atoms with van der Waals surface area (Å²) in [6.45, 7) is 7.55. The van der Waals surface area contributed by atoms with Crippen LogP contribution in [0.4, 0.5) is 25.8 Å². The first-order chi connectivity index (χ1) is 16.0. The largest absolute Gasteiger partial charge is 0.490 e. The molecule has 0 saturated carbocycles. The number of fused-ring (bicyclic) bond motifs is 1. The van der Waals surface area contributed by atoms with Crippen LogP contribution in [0.5, 0.6) is 5.75 Å². The first-order valence-corrected chi connectivity index (χ1v) is 11.1. The third kappa shape index (κ3) is 5.17. The summed E-state index contributed by atoms with van der Waals surface area (Å²) in [5, 5.41) is 5.74. The Morgan fingerprint density at radius 2 is 1.91 bits per heavy atom. The standard InChI is InChI=1S/C25H27F2N3O3/c1-3-30(4-2)10-5-11-32-22-9-7-17(13-20(22)27)28-18-14-23(33-15-18)24-19-8-6-16(26)12-21(19)29-25(24)31/h6-9,12-15,24,28H,3-5,10-11H2,1-2H3,(H,29,31). The molecule has 3 aromatic rings. The minimum atomic E-state index is -0.667. The van der Waals surface area contributed by atoms with Gasteiger partial charge in [-0.05, 0) is 49.3 Å². The highest BCUT2D eigenvalue weighted by Crippen LogP contribution is 2.39. The van der Waals surface area contributed by atoms with Gasteiger partial charge in [0.2, 0.25) is 5.91 Å². The van der Waals surface area contributed by atoms with Gasteiger partial charge in [-0.1, -0.05) is 19.9 Å². The second kappa shape index (κ2) is 10.0. The Morgan fingerprint density at radius 1 is 1.09 bits per heavy atom. The van der Waals surface area contributed by atoms with Gasteiger partial charge in [0.25, 0.3) is 0 Å². The molecule has 1 aliphatic heterocycles. The number of nitrogens with zero attached hydrogens (tertiary/aromatic N) is 1. The Bertz CT molecular complexity index is 1130. The Hall–Kier alpha value is -3.39. The normalized spacial score (nSPS) is 14.9. The average Bonchev–Trinajstić information content (AvgIpc) is 3.37. The molecule has 0 aliphatic carbocycles. The minimum Gasteiger partial charge on any atom is -0.490 e. The van der Waals surface area contributed by atoms with Crippen molar-refractivity contribution in [2.75, 3.05) is 36.9 Å². The molecule has 1 atom stereocenters. The predicted octanol–water partition coefficient (Wildman–Crippen LogP) is 5.50. The molecule has 174 valence electrons. The molecule has 0 fully saturated rings. The summed E-state index contributed by atoms with van der Waals surface area (Å²) in [6, 6.07) is 10.5. The highest BCUT2D eigenvalue weighted by molar-refractivity contribution is 6.04. The number of anilines is 3. The first-order valence-electron chi connectivity index (χ1n) is 11.1. The van der Waals surface area contributed by atoms with Crippen molar-refractivity contribution in [3.8, 4) is 5.75 Å². The quantitative estimate of drug-likeness (QED) is 0.396. The fourth-order valence-corrected chi connectivity index (χ4v) is 3.96. The molecule has 0 spiro atoms. The molecule has 4 rings (SSSR count). The van der Waals surface area contributed by atoms with Gasteiger partial charge in [-0.2, -0.15) is 0 Å². The van der Waals surface area contributed by atoms with Gasteiger partial charge >= 0.3 is 0 Å². The highest BCUT2D eigenvalue weighted by Gasteiger charge is 2.34. The lowest BCUT2D eigenvalue weighted by atomic mass is 9.98. The molecular weight excluding hydrogens is 428 g/mol. The Labute approximate surface area is 191 Å². The van der Waals surface area contributed by atoms with Crippen LogP contribution in [0.25, 0.3) is 0 Å². The Kier molecular flexibility index (Phi) is 6.93. The average molecular weight is 456 g/mol. The number of benzene rings is 2. The lowest BCUT2D eigenvalue weighted by Gasteiger charge is -2.17. The van der Waals surface area contributed by atoms with Crippen LogP contribution in [0.3, 0.4) is 0 Å². The molecule has 2 N–H and O–H groups in total. The summed E-state index contributed by atoms with van der Waals surface area (Å²) in [5.41, 5.74) is 2.18. The molecule has 0 bridgehead atoms. The van der Waals surface area contributed by atoms with Crippen LogP contribution in [0.2, 0.25) is 0 Å². The van der Waals surface area contributed by atoms with Gasteiger partial charge in [-0.3, -0.25) is 4.79 Å². The second-order valence-corrected chi connectivity index (χ2v) is 7.89. The zero-order valence-corrected chi connectivity index (χ0v) is 18.7. The summed E-state index contributed by atoms with van der Waals surface area (Å²) in [4.78, 5) is 14.7. The number of ether oxygens (including phenoxy) is 1. The van der Waals surface area contributed by atoms with Crippen molar-refractivity contribution in [3.63, 3.8) is 0 Å². The summed E-state index contributed by atoms with van der Waals surface area (Å²) in [6.07, 6.45) is 2.28. The van der Waals surface area contributed by atoms with Crippen LogP contribution >= 0.6 is 0 Å². The molecule has 1 amide bonds. The zero-order valence-electron chi connectivity index (χ0n) is 18.7. The summed E-state index contributed by atoms with van der Waals surface area (Å²) >= 11 is 0. The Balaban J connectivity index is 1.38. The molecule has 0 radical (unpaired) electrons. The van der Waals surface area contributed by atoms with E-state index in [0.717, 1.165) is 26.1 Å². The van der Waals surface area contributed by atoms with Gasteiger partial charge in [0.1, 0.15) is 23.8 Å². The summed E-state index contributed by atoms with van der Waals surface area (Å²) < 4.78 is 39.1. The maximum Gasteiger partial charge on any atom is 0.239 e. The van der Waals surface area contributed by atoms with Crippen LogP contribution in [0, 0.1) is 11.6 Å². The van der Waals surface area contributed by atoms with Crippen molar-refractivity contribution in [2.24, 2.45) is 0 Å². The van der Waals surface area contributed by atoms with Gasteiger partial charge in [0.05, 0.1) is 12.3 Å². The third-order valence-corrected chi connectivity index (χ3v) is 5.74. The van der Waals surface area contributed by atoms with E-state index in [1.54, 1.807) is 24.3 Å². The van der Waals surface area contributed by atoms with E-state index in [1.165, 1.54) is 24.5 Å². The molecule has 0 saturated heterocycles. The molecular formula is C25H27F2N3O3. The van der Waals surface area contributed by atoms with E-state index in [4.69, 9.17) is 9.15 Å². The van der Waals surface area contributed by atoms with E-state index >= 15 is 0 Å². The molecule has 1 aliphatic rings. The van der Waals surface area contributed by atoms with Crippen LogP contribution in [-0.4, -0.2) is 37.0 Å². The maximum atomic E-state index is 14.5. The summed E-state index contributed by atoms with van der Waals surface area (Å²) in [5.74, 6) is -1.22. The minimum absolute atomic E-state index is 0.208. The van der Waals surface area contributed by atoms with E-state index in [2.05, 4.69) is 29.4 Å². The van der Waals surface area contributed by atoms with E-state index in [1.807, 2.05) is 0 Å². The van der Waals surface area contributed by atoms with Gasteiger partial charge in [-0.15, -0.1) is 0 Å². The number of carbonyl (C=O) groups excluding carboxylic acids is 1. The lowest BCUT2D eigenvalue weighted by molar-refractivity contribution is -0.116. The van der Waals surface area contributed by atoms with Crippen LogP contribution in [-0.2, 0) is 4.79 Å². The number of rotatable bonds is 10. The third-order valence-electron chi connectivity index (χ3n) is 5.74. The zero-order chi connectivity index (χ0) is 23.4.